The molecule has 1 N–H and O–H groups in total. The second-order valence-corrected chi connectivity index (χ2v) is 5.27. The van der Waals surface area contributed by atoms with Crippen LogP contribution in [-0.4, -0.2) is 26.3 Å². The molecular weight excluding hydrogens is 266 g/mol. The average Bonchev–Trinajstić information content (AvgIpc) is 2.33. The Labute approximate surface area is 106 Å². The van der Waals surface area contributed by atoms with Gasteiger partial charge in [-0.2, -0.15) is 0 Å². The zero-order chi connectivity index (χ0) is 11.4. The van der Waals surface area contributed by atoms with Crippen molar-refractivity contribution in [3.8, 4) is 0 Å². The van der Waals surface area contributed by atoms with Crippen LogP contribution in [0.25, 0.3) is 0 Å². The van der Waals surface area contributed by atoms with Crippen molar-refractivity contribution in [2.75, 3.05) is 20.3 Å². The normalized spacial score (nSPS) is 25.6. The van der Waals surface area contributed by atoms with Crippen molar-refractivity contribution in [1.29, 1.82) is 0 Å². The third kappa shape index (κ3) is 3.06. The number of nitrogens with one attached hydrogen (secondary N) is 1. The summed E-state index contributed by atoms with van der Waals surface area (Å²) < 4.78 is 6.70. The second-order valence-electron chi connectivity index (χ2n) is 4.35. The molecule has 0 radical (unpaired) electrons. The highest BCUT2D eigenvalue weighted by Crippen LogP contribution is 2.20. The molecule has 1 fully saturated rings. The predicted molar refractivity (Wildman–Crippen MR) is 69.6 cm³/mol. The fraction of sp³-hybridized carbons (Fsp3) is 0.538. The minimum absolute atomic E-state index is 0.595. The Morgan fingerprint density at radius 1 is 1.38 bits per heavy atom. The van der Waals surface area contributed by atoms with Crippen LogP contribution >= 0.6 is 15.9 Å². The van der Waals surface area contributed by atoms with Gasteiger partial charge < -0.3 is 10.1 Å². The quantitative estimate of drug-likeness (QED) is 0.921. The minimum Gasteiger partial charge on any atom is -0.381 e. The highest BCUT2D eigenvalue weighted by molar-refractivity contribution is 9.10. The lowest BCUT2D eigenvalue weighted by Crippen LogP contribution is -2.41. The molecule has 0 saturated carbocycles. The van der Waals surface area contributed by atoms with E-state index in [0.717, 1.165) is 30.5 Å². The van der Waals surface area contributed by atoms with E-state index in [0.29, 0.717) is 12.0 Å². The van der Waals surface area contributed by atoms with E-state index in [9.17, 15) is 0 Å². The molecular formula is C13H18BrNO. The molecule has 0 amide bonds. The van der Waals surface area contributed by atoms with E-state index in [2.05, 4.69) is 45.5 Å². The highest BCUT2D eigenvalue weighted by atomic mass is 79.9. The first-order chi connectivity index (χ1) is 7.79. The Kier molecular flexibility index (Phi) is 4.38. The van der Waals surface area contributed by atoms with E-state index in [1.165, 1.54) is 5.56 Å². The lowest BCUT2D eigenvalue weighted by atomic mass is 9.89. The number of hydrogen-bond acceptors (Lipinski definition) is 2. The average molecular weight is 284 g/mol. The summed E-state index contributed by atoms with van der Waals surface area (Å²) in [5, 5.41) is 3.40. The first kappa shape index (κ1) is 12.1. The molecule has 1 aliphatic rings. The molecule has 0 bridgehead atoms. The second kappa shape index (κ2) is 5.80. The maximum atomic E-state index is 5.56. The van der Waals surface area contributed by atoms with Crippen molar-refractivity contribution >= 4 is 15.9 Å². The van der Waals surface area contributed by atoms with Gasteiger partial charge in [-0.1, -0.05) is 28.1 Å². The Morgan fingerprint density at radius 3 is 2.81 bits per heavy atom. The van der Waals surface area contributed by atoms with E-state index in [-0.39, 0.29) is 0 Å². The Balaban J connectivity index is 1.99. The highest BCUT2D eigenvalue weighted by Gasteiger charge is 2.24. The first-order valence-electron chi connectivity index (χ1n) is 5.79. The lowest BCUT2D eigenvalue weighted by Gasteiger charge is -2.31. The van der Waals surface area contributed by atoms with Crippen LogP contribution in [0, 0.1) is 5.92 Å². The molecule has 16 heavy (non-hydrogen) atoms. The van der Waals surface area contributed by atoms with Gasteiger partial charge in [0.05, 0.1) is 6.61 Å². The van der Waals surface area contributed by atoms with Crippen molar-refractivity contribution in [3.63, 3.8) is 0 Å². The Morgan fingerprint density at radius 2 is 2.12 bits per heavy atom. The van der Waals surface area contributed by atoms with Crippen molar-refractivity contribution in [2.45, 2.75) is 18.9 Å². The van der Waals surface area contributed by atoms with Gasteiger partial charge in [-0.05, 0) is 37.6 Å². The van der Waals surface area contributed by atoms with Gasteiger partial charge in [-0.15, -0.1) is 0 Å². The number of halogens is 1. The smallest absolute Gasteiger partial charge is 0.0512 e. The summed E-state index contributed by atoms with van der Waals surface area (Å²) in [6.45, 7) is 1.77. The molecule has 3 heteroatoms. The summed E-state index contributed by atoms with van der Waals surface area (Å²) in [7, 11) is 2.05. The summed E-state index contributed by atoms with van der Waals surface area (Å²) in [6.07, 6.45) is 2.22. The van der Waals surface area contributed by atoms with E-state index < -0.39 is 0 Å². The Hall–Kier alpha value is -0.380. The summed E-state index contributed by atoms with van der Waals surface area (Å²) in [6, 6.07) is 9.18. The minimum atomic E-state index is 0.595. The molecule has 2 atom stereocenters. The van der Waals surface area contributed by atoms with Crippen LogP contribution < -0.4 is 5.32 Å². The number of ether oxygens (including phenoxy) is 1. The van der Waals surface area contributed by atoms with E-state index in [1.54, 1.807) is 0 Å². The third-order valence-corrected chi connectivity index (χ3v) is 3.78. The first-order valence-corrected chi connectivity index (χ1v) is 6.58. The van der Waals surface area contributed by atoms with Crippen LogP contribution in [0.5, 0.6) is 0 Å². The standard InChI is InChI=1S/C13H18BrNO/c1-15-13-6-7-16-9-11(13)8-10-2-4-12(14)5-3-10/h2-5,11,13,15H,6-9H2,1H3/t11-,13-/m0/s1. The molecule has 0 spiro atoms. The summed E-state index contributed by atoms with van der Waals surface area (Å²) in [4.78, 5) is 0. The summed E-state index contributed by atoms with van der Waals surface area (Å²) in [5.74, 6) is 0.597. The van der Waals surface area contributed by atoms with Crippen molar-refractivity contribution in [1.82, 2.24) is 5.32 Å². The zero-order valence-electron chi connectivity index (χ0n) is 9.58. The van der Waals surface area contributed by atoms with Gasteiger partial charge in [0.2, 0.25) is 0 Å². The maximum Gasteiger partial charge on any atom is 0.0512 e. The van der Waals surface area contributed by atoms with Crippen molar-refractivity contribution in [3.05, 3.63) is 34.3 Å². The van der Waals surface area contributed by atoms with Crippen LogP contribution in [-0.2, 0) is 11.2 Å². The van der Waals surface area contributed by atoms with E-state index in [1.807, 2.05) is 7.05 Å². The molecule has 0 aromatic heterocycles. The van der Waals surface area contributed by atoms with Crippen LogP contribution in [0.2, 0.25) is 0 Å². The van der Waals surface area contributed by atoms with Gasteiger partial charge in [0, 0.05) is 23.0 Å². The van der Waals surface area contributed by atoms with E-state index >= 15 is 0 Å². The number of benzene rings is 1. The van der Waals surface area contributed by atoms with Gasteiger partial charge in [-0.25, -0.2) is 0 Å². The molecule has 1 aromatic rings. The van der Waals surface area contributed by atoms with Crippen LogP contribution in [0.15, 0.2) is 28.7 Å². The summed E-state index contributed by atoms with van der Waals surface area (Å²) >= 11 is 3.46. The van der Waals surface area contributed by atoms with Crippen LogP contribution in [0.3, 0.4) is 0 Å². The van der Waals surface area contributed by atoms with Gasteiger partial charge in [0.25, 0.3) is 0 Å². The van der Waals surface area contributed by atoms with Gasteiger partial charge >= 0.3 is 0 Å². The third-order valence-electron chi connectivity index (χ3n) is 3.26. The van der Waals surface area contributed by atoms with Crippen LogP contribution in [0.4, 0.5) is 0 Å². The molecule has 1 heterocycles. The number of hydrogen-bond donors (Lipinski definition) is 1. The SMILES string of the molecule is CN[C@H]1CCOC[C@@H]1Cc1ccc(Br)cc1. The molecule has 1 aliphatic heterocycles. The molecule has 0 unspecified atom stereocenters. The lowest BCUT2D eigenvalue weighted by molar-refractivity contribution is 0.0342. The number of rotatable bonds is 3. The Bertz CT molecular complexity index is 325. The molecule has 0 aliphatic carbocycles. The van der Waals surface area contributed by atoms with Crippen molar-refractivity contribution < 1.29 is 4.74 Å². The fourth-order valence-corrected chi connectivity index (χ4v) is 2.57. The van der Waals surface area contributed by atoms with E-state index in [4.69, 9.17) is 4.74 Å². The molecule has 88 valence electrons. The molecule has 2 rings (SSSR count). The predicted octanol–water partition coefficient (Wildman–Crippen LogP) is 2.62. The van der Waals surface area contributed by atoms with Gasteiger partial charge in [0.15, 0.2) is 0 Å². The molecule has 1 aromatic carbocycles. The largest absolute Gasteiger partial charge is 0.381 e. The van der Waals surface area contributed by atoms with Crippen molar-refractivity contribution in [2.24, 2.45) is 5.92 Å². The molecule has 2 nitrogen and oxygen atoms in total. The summed E-state index contributed by atoms with van der Waals surface area (Å²) in [5.41, 5.74) is 1.39. The molecule has 1 saturated heterocycles. The zero-order valence-corrected chi connectivity index (χ0v) is 11.2. The monoisotopic (exact) mass is 283 g/mol. The van der Waals surface area contributed by atoms with Gasteiger partial charge in [0.1, 0.15) is 0 Å². The maximum absolute atomic E-state index is 5.56. The topological polar surface area (TPSA) is 21.3 Å². The fourth-order valence-electron chi connectivity index (χ4n) is 2.30. The van der Waals surface area contributed by atoms with Crippen LogP contribution in [0.1, 0.15) is 12.0 Å². The van der Waals surface area contributed by atoms with Gasteiger partial charge in [-0.3, -0.25) is 0 Å².